The Hall–Kier alpha value is -1.30. The van der Waals surface area contributed by atoms with E-state index in [0.29, 0.717) is 0 Å². The standard InChI is InChI=1S/C13H10Cl2FNO2S/c14-9-3-1-5-11(16)8(9)7-20(18,19)13-10(15)4-2-6-12(13)17/h1-6H,7,17H2. The van der Waals surface area contributed by atoms with Crippen molar-refractivity contribution < 1.29 is 12.8 Å². The first-order chi connectivity index (χ1) is 9.33. The highest BCUT2D eigenvalue weighted by atomic mass is 35.5. The van der Waals surface area contributed by atoms with Crippen LogP contribution in [0.15, 0.2) is 41.3 Å². The zero-order chi connectivity index (χ0) is 14.9. The van der Waals surface area contributed by atoms with Gasteiger partial charge in [0.25, 0.3) is 0 Å². The highest BCUT2D eigenvalue weighted by Gasteiger charge is 2.24. The minimum atomic E-state index is -3.90. The molecule has 2 N–H and O–H groups in total. The summed E-state index contributed by atoms with van der Waals surface area (Å²) >= 11 is 11.7. The molecule has 0 aliphatic carbocycles. The summed E-state index contributed by atoms with van der Waals surface area (Å²) in [6.07, 6.45) is 0. The third kappa shape index (κ3) is 2.90. The van der Waals surface area contributed by atoms with Gasteiger partial charge in [-0.2, -0.15) is 0 Å². The van der Waals surface area contributed by atoms with Crippen molar-refractivity contribution in [2.45, 2.75) is 10.6 Å². The van der Waals surface area contributed by atoms with Crippen LogP contribution in [0.1, 0.15) is 5.56 Å². The molecule has 2 aromatic carbocycles. The Bertz CT molecular complexity index is 722. The van der Waals surface area contributed by atoms with Gasteiger partial charge >= 0.3 is 0 Å². The number of nitrogens with two attached hydrogens (primary N) is 1. The van der Waals surface area contributed by atoms with E-state index in [9.17, 15) is 12.8 Å². The molecule has 0 heterocycles. The molecule has 0 unspecified atom stereocenters. The molecule has 0 amide bonds. The second-order valence-corrected chi connectivity index (χ2v) is 6.86. The lowest BCUT2D eigenvalue weighted by molar-refractivity contribution is 0.587. The molecular weight excluding hydrogens is 324 g/mol. The molecule has 0 atom stereocenters. The number of hydrogen-bond acceptors (Lipinski definition) is 3. The van der Waals surface area contributed by atoms with Gasteiger partial charge in [0.2, 0.25) is 0 Å². The Morgan fingerprint density at radius 2 is 1.65 bits per heavy atom. The van der Waals surface area contributed by atoms with Crippen molar-refractivity contribution in [2.75, 3.05) is 5.73 Å². The van der Waals surface area contributed by atoms with Crippen molar-refractivity contribution in [1.29, 1.82) is 0 Å². The molecule has 3 nitrogen and oxygen atoms in total. The summed E-state index contributed by atoms with van der Waals surface area (Å²) in [5.74, 6) is -1.29. The van der Waals surface area contributed by atoms with E-state index < -0.39 is 21.4 Å². The molecule has 0 saturated heterocycles. The van der Waals surface area contributed by atoms with E-state index in [1.54, 1.807) is 0 Å². The van der Waals surface area contributed by atoms with Crippen molar-refractivity contribution in [2.24, 2.45) is 0 Å². The predicted molar refractivity (Wildman–Crippen MR) is 78.2 cm³/mol. The molecule has 0 aromatic heterocycles. The quantitative estimate of drug-likeness (QED) is 0.871. The maximum Gasteiger partial charge on any atom is 0.186 e. The zero-order valence-corrected chi connectivity index (χ0v) is 12.4. The van der Waals surface area contributed by atoms with Crippen molar-refractivity contribution in [3.8, 4) is 0 Å². The monoisotopic (exact) mass is 333 g/mol. The first-order valence-corrected chi connectivity index (χ1v) is 7.93. The maximum atomic E-state index is 13.7. The molecule has 0 spiro atoms. The number of nitrogen functional groups attached to an aromatic ring is 1. The van der Waals surface area contributed by atoms with Gasteiger partial charge in [-0.15, -0.1) is 0 Å². The summed E-state index contributed by atoms with van der Waals surface area (Å²) in [5.41, 5.74) is 5.56. The van der Waals surface area contributed by atoms with Crippen molar-refractivity contribution >= 4 is 38.7 Å². The summed E-state index contributed by atoms with van der Waals surface area (Å²) in [5, 5.41) is 0.0386. The summed E-state index contributed by atoms with van der Waals surface area (Å²) < 4.78 is 38.4. The van der Waals surface area contributed by atoms with E-state index in [-0.39, 0.29) is 26.2 Å². The van der Waals surface area contributed by atoms with Crippen LogP contribution < -0.4 is 5.73 Å². The van der Waals surface area contributed by atoms with Gasteiger partial charge in [-0.1, -0.05) is 35.3 Å². The highest BCUT2D eigenvalue weighted by molar-refractivity contribution is 7.91. The maximum absolute atomic E-state index is 13.7. The lowest BCUT2D eigenvalue weighted by atomic mass is 10.2. The van der Waals surface area contributed by atoms with Gasteiger partial charge in [0.1, 0.15) is 10.7 Å². The molecule has 2 aromatic rings. The Labute approximate surface area is 126 Å². The van der Waals surface area contributed by atoms with Gasteiger partial charge < -0.3 is 5.73 Å². The fraction of sp³-hybridized carbons (Fsp3) is 0.0769. The lowest BCUT2D eigenvalue weighted by Crippen LogP contribution is -2.10. The van der Waals surface area contributed by atoms with Crippen LogP contribution in [0.3, 0.4) is 0 Å². The minimum absolute atomic E-state index is 0.00235. The van der Waals surface area contributed by atoms with Crippen molar-refractivity contribution in [1.82, 2.24) is 0 Å². The molecule has 7 heteroatoms. The molecule has 0 aliphatic heterocycles. The topological polar surface area (TPSA) is 60.2 Å². The second kappa shape index (κ2) is 5.60. The molecule has 0 saturated carbocycles. The minimum Gasteiger partial charge on any atom is -0.398 e. The zero-order valence-electron chi connectivity index (χ0n) is 10.1. The van der Waals surface area contributed by atoms with Crippen LogP contribution in [0.2, 0.25) is 10.0 Å². The average molecular weight is 334 g/mol. The third-order valence-electron chi connectivity index (χ3n) is 2.70. The molecule has 0 bridgehead atoms. The fourth-order valence-electron chi connectivity index (χ4n) is 1.79. The van der Waals surface area contributed by atoms with Crippen LogP contribution in [0.4, 0.5) is 10.1 Å². The Balaban J connectivity index is 2.53. The normalized spacial score (nSPS) is 11.6. The van der Waals surface area contributed by atoms with Crippen LogP contribution in [-0.2, 0) is 15.6 Å². The number of sulfone groups is 1. The number of halogens is 3. The van der Waals surface area contributed by atoms with E-state index >= 15 is 0 Å². The van der Waals surface area contributed by atoms with E-state index in [1.165, 1.54) is 30.3 Å². The van der Waals surface area contributed by atoms with Crippen LogP contribution >= 0.6 is 23.2 Å². The lowest BCUT2D eigenvalue weighted by Gasteiger charge is -2.11. The van der Waals surface area contributed by atoms with Crippen LogP contribution in [0.5, 0.6) is 0 Å². The summed E-state index contributed by atoms with van der Waals surface area (Å²) in [6, 6.07) is 8.33. The molecule has 0 fully saturated rings. The van der Waals surface area contributed by atoms with Crippen LogP contribution in [0.25, 0.3) is 0 Å². The molecule has 106 valence electrons. The summed E-state index contributed by atoms with van der Waals surface area (Å²) in [7, 11) is -3.90. The third-order valence-corrected chi connectivity index (χ3v) is 5.23. The highest BCUT2D eigenvalue weighted by Crippen LogP contribution is 2.31. The Morgan fingerprint density at radius 3 is 2.25 bits per heavy atom. The average Bonchev–Trinajstić information content (AvgIpc) is 2.33. The van der Waals surface area contributed by atoms with Gasteiger partial charge in [-0.25, -0.2) is 12.8 Å². The van der Waals surface area contributed by atoms with Crippen LogP contribution in [-0.4, -0.2) is 8.42 Å². The molecule has 20 heavy (non-hydrogen) atoms. The number of rotatable bonds is 3. The van der Waals surface area contributed by atoms with Gasteiger partial charge in [-0.05, 0) is 24.3 Å². The smallest absolute Gasteiger partial charge is 0.186 e. The van der Waals surface area contributed by atoms with Gasteiger partial charge in [0.05, 0.1) is 16.5 Å². The molecule has 2 rings (SSSR count). The first kappa shape index (κ1) is 15.1. The number of benzene rings is 2. The van der Waals surface area contributed by atoms with E-state index in [2.05, 4.69) is 0 Å². The summed E-state index contributed by atoms with van der Waals surface area (Å²) in [4.78, 5) is -0.207. The molecule has 0 radical (unpaired) electrons. The molecule has 0 aliphatic rings. The first-order valence-electron chi connectivity index (χ1n) is 5.52. The second-order valence-electron chi connectivity index (χ2n) is 4.12. The van der Waals surface area contributed by atoms with Gasteiger partial charge in [0.15, 0.2) is 9.84 Å². The van der Waals surface area contributed by atoms with E-state index in [0.717, 1.165) is 6.07 Å². The van der Waals surface area contributed by atoms with Crippen LogP contribution in [0, 0.1) is 5.82 Å². The SMILES string of the molecule is Nc1cccc(Cl)c1S(=O)(=O)Cc1c(F)cccc1Cl. The Morgan fingerprint density at radius 1 is 1.05 bits per heavy atom. The predicted octanol–water partition coefficient (Wildman–Crippen LogP) is 3.69. The van der Waals surface area contributed by atoms with Crippen molar-refractivity contribution in [3.05, 3.63) is 57.8 Å². The largest absolute Gasteiger partial charge is 0.398 e. The summed E-state index contributed by atoms with van der Waals surface area (Å²) in [6.45, 7) is 0. The van der Waals surface area contributed by atoms with Gasteiger partial charge in [0, 0.05) is 10.6 Å². The van der Waals surface area contributed by atoms with E-state index in [1.807, 2.05) is 0 Å². The number of hydrogen-bond donors (Lipinski definition) is 1. The Kier molecular flexibility index (Phi) is 4.22. The van der Waals surface area contributed by atoms with E-state index in [4.69, 9.17) is 28.9 Å². The van der Waals surface area contributed by atoms with Crippen molar-refractivity contribution in [3.63, 3.8) is 0 Å². The molecular formula is C13H10Cl2FNO2S. The number of anilines is 1. The fourth-order valence-corrected chi connectivity index (χ4v) is 4.24. The van der Waals surface area contributed by atoms with Gasteiger partial charge in [-0.3, -0.25) is 0 Å².